The van der Waals surface area contributed by atoms with Crippen molar-refractivity contribution in [2.24, 2.45) is 5.16 Å². The zero-order chi connectivity index (χ0) is 16.5. The minimum atomic E-state index is -0.144. The van der Waals surface area contributed by atoms with Crippen LogP contribution in [0, 0.1) is 11.3 Å². The summed E-state index contributed by atoms with van der Waals surface area (Å²) in [7, 11) is 1.43. The number of hydrogen-bond donors (Lipinski definition) is 0. The van der Waals surface area contributed by atoms with Crippen LogP contribution in [0.1, 0.15) is 37.0 Å². The lowest BCUT2D eigenvalue weighted by Crippen LogP contribution is -2.13. The molecule has 118 valence electrons. The van der Waals surface area contributed by atoms with Gasteiger partial charge in [-0.15, -0.1) is 0 Å². The van der Waals surface area contributed by atoms with Gasteiger partial charge < -0.3 is 9.57 Å². The third-order valence-electron chi connectivity index (χ3n) is 3.42. The van der Waals surface area contributed by atoms with Gasteiger partial charge in [0.15, 0.2) is 5.71 Å². The second kappa shape index (κ2) is 8.60. The Labute approximate surface area is 137 Å². The van der Waals surface area contributed by atoms with Crippen molar-refractivity contribution in [1.82, 2.24) is 0 Å². The fraction of sp³-hybridized carbons (Fsp3) is 0.263. The largest absolute Gasteiger partial charge is 0.486 e. The molecule has 0 N–H and O–H groups in total. The lowest BCUT2D eigenvalue weighted by Gasteiger charge is -2.21. The van der Waals surface area contributed by atoms with Crippen LogP contribution >= 0.6 is 0 Å². The van der Waals surface area contributed by atoms with E-state index in [1.54, 1.807) is 0 Å². The molecule has 4 heteroatoms. The van der Waals surface area contributed by atoms with E-state index in [2.05, 4.69) is 18.1 Å². The standard InChI is InChI=1S/C19H20N2O2/c1-3-9-19(23-15-10-5-4-6-11-15)17-13-8-7-12-16(17)18(14-20)21-22-2/h4-8,10-13,19H,3,9H2,1-2H3. The minimum absolute atomic E-state index is 0.144. The topological polar surface area (TPSA) is 54.6 Å². The fourth-order valence-electron chi connectivity index (χ4n) is 2.42. The van der Waals surface area contributed by atoms with Crippen LogP contribution in [-0.4, -0.2) is 12.8 Å². The molecule has 4 nitrogen and oxygen atoms in total. The maximum Gasteiger partial charge on any atom is 0.187 e. The highest BCUT2D eigenvalue weighted by atomic mass is 16.6. The molecular formula is C19H20N2O2. The first kappa shape index (κ1) is 16.6. The summed E-state index contributed by atoms with van der Waals surface area (Å²) < 4.78 is 6.15. The van der Waals surface area contributed by atoms with Gasteiger partial charge in [0, 0.05) is 11.1 Å². The Balaban J connectivity index is 2.40. The van der Waals surface area contributed by atoms with Crippen LogP contribution in [0.15, 0.2) is 59.8 Å². The number of nitrogens with zero attached hydrogens (tertiary/aromatic N) is 2. The van der Waals surface area contributed by atoms with Crippen LogP contribution < -0.4 is 4.74 Å². The Morgan fingerprint density at radius 3 is 2.48 bits per heavy atom. The van der Waals surface area contributed by atoms with Gasteiger partial charge in [0.2, 0.25) is 0 Å². The highest BCUT2D eigenvalue weighted by Crippen LogP contribution is 2.28. The van der Waals surface area contributed by atoms with Gasteiger partial charge in [-0.3, -0.25) is 0 Å². The van der Waals surface area contributed by atoms with E-state index in [1.165, 1.54) is 7.11 Å². The Hall–Kier alpha value is -2.80. The van der Waals surface area contributed by atoms with E-state index in [9.17, 15) is 5.26 Å². The Kier molecular flexibility index (Phi) is 6.19. The molecule has 0 spiro atoms. The zero-order valence-electron chi connectivity index (χ0n) is 13.4. The average molecular weight is 308 g/mol. The van der Waals surface area contributed by atoms with Crippen molar-refractivity contribution in [3.05, 3.63) is 65.7 Å². The number of hydrogen-bond acceptors (Lipinski definition) is 4. The molecule has 2 rings (SSSR count). The van der Waals surface area contributed by atoms with Gasteiger partial charge in [-0.1, -0.05) is 61.0 Å². The highest BCUT2D eigenvalue weighted by Gasteiger charge is 2.19. The third kappa shape index (κ3) is 4.33. The molecule has 0 aliphatic rings. The molecular weight excluding hydrogens is 288 g/mol. The zero-order valence-corrected chi connectivity index (χ0v) is 13.4. The quantitative estimate of drug-likeness (QED) is 0.559. The normalized spacial score (nSPS) is 12.3. The predicted molar refractivity (Wildman–Crippen MR) is 90.3 cm³/mol. The molecule has 0 amide bonds. The van der Waals surface area contributed by atoms with Crippen molar-refractivity contribution in [2.75, 3.05) is 7.11 Å². The van der Waals surface area contributed by atoms with Gasteiger partial charge >= 0.3 is 0 Å². The first-order valence-corrected chi connectivity index (χ1v) is 7.62. The van der Waals surface area contributed by atoms with E-state index in [0.717, 1.165) is 29.7 Å². The molecule has 0 aliphatic heterocycles. The molecule has 0 saturated heterocycles. The molecule has 23 heavy (non-hydrogen) atoms. The number of rotatable bonds is 7. The minimum Gasteiger partial charge on any atom is -0.486 e. The van der Waals surface area contributed by atoms with Crippen molar-refractivity contribution in [3.8, 4) is 11.8 Å². The molecule has 1 atom stereocenters. The molecule has 0 aliphatic carbocycles. The molecule has 0 heterocycles. The summed E-state index contributed by atoms with van der Waals surface area (Å²) in [5.41, 5.74) is 1.93. The van der Waals surface area contributed by atoms with E-state index in [1.807, 2.05) is 54.6 Å². The summed E-state index contributed by atoms with van der Waals surface area (Å²) >= 11 is 0. The first-order valence-electron chi connectivity index (χ1n) is 7.62. The summed E-state index contributed by atoms with van der Waals surface area (Å²) in [5, 5.41) is 13.2. The van der Waals surface area contributed by atoms with Gasteiger partial charge in [0.25, 0.3) is 0 Å². The lowest BCUT2D eigenvalue weighted by molar-refractivity contribution is 0.193. The van der Waals surface area contributed by atoms with Crippen molar-refractivity contribution in [1.29, 1.82) is 5.26 Å². The molecule has 2 aromatic rings. The molecule has 0 radical (unpaired) electrons. The maximum absolute atomic E-state index is 9.33. The lowest BCUT2D eigenvalue weighted by atomic mass is 9.96. The summed E-state index contributed by atoms with van der Waals surface area (Å²) in [6, 6.07) is 19.5. The fourth-order valence-corrected chi connectivity index (χ4v) is 2.42. The molecule has 2 aromatic carbocycles. The van der Waals surface area contributed by atoms with Crippen LogP contribution in [0.25, 0.3) is 0 Å². The summed E-state index contributed by atoms with van der Waals surface area (Å²) in [6.07, 6.45) is 1.67. The second-order valence-corrected chi connectivity index (χ2v) is 5.03. The predicted octanol–water partition coefficient (Wildman–Crippen LogP) is 4.48. The van der Waals surface area contributed by atoms with Crippen LogP contribution in [0.4, 0.5) is 0 Å². The summed E-state index contributed by atoms with van der Waals surface area (Å²) in [6.45, 7) is 2.11. The number of ether oxygens (including phenoxy) is 1. The summed E-state index contributed by atoms with van der Waals surface area (Å²) in [4.78, 5) is 4.79. The Morgan fingerprint density at radius 2 is 1.83 bits per heavy atom. The SMILES string of the molecule is CCCC(Oc1ccccc1)c1ccccc1C(C#N)=NOC. The van der Waals surface area contributed by atoms with E-state index < -0.39 is 0 Å². The van der Waals surface area contributed by atoms with Gasteiger partial charge in [-0.2, -0.15) is 5.26 Å². The molecule has 0 saturated carbocycles. The van der Waals surface area contributed by atoms with E-state index in [4.69, 9.17) is 9.57 Å². The monoisotopic (exact) mass is 308 g/mol. The van der Waals surface area contributed by atoms with Gasteiger partial charge in [-0.25, -0.2) is 0 Å². The van der Waals surface area contributed by atoms with Gasteiger partial charge in [-0.05, 0) is 18.6 Å². The Bertz CT molecular complexity index is 690. The molecule has 0 bridgehead atoms. The number of nitriles is 1. The van der Waals surface area contributed by atoms with Gasteiger partial charge in [0.1, 0.15) is 25.0 Å². The molecule has 0 aromatic heterocycles. The van der Waals surface area contributed by atoms with Crippen LogP contribution in [0.5, 0.6) is 5.75 Å². The smallest absolute Gasteiger partial charge is 0.187 e. The molecule has 0 fully saturated rings. The average Bonchev–Trinajstić information content (AvgIpc) is 2.60. The maximum atomic E-state index is 9.33. The molecule has 1 unspecified atom stereocenters. The van der Waals surface area contributed by atoms with Crippen molar-refractivity contribution >= 4 is 5.71 Å². The Morgan fingerprint density at radius 1 is 1.13 bits per heavy atom. The van der Waals surface area contributed by atoms with Crippen molar-refractivity contribution in [3.63, 3.8) is 0 Å². The second-order valence-electron chi connectivity index (χ2n) is 5.03. The first-order chi connectivity index (χ1) is 11.3. The third-order valence-corrected chi connectivity index (χ3v) is 3.42. The van der Waals surface area contributed by atoms with E-state index in [0.29, 0.717) is 0 Å². The van der Waals surface area contributed by atoms with Crippen LogP contribution in [-0.2, 0) is 4.84 Å². The van der Waals surface area contributed by atoms with E-state index in [-0.39, 0.29) is 11.8 Å². The van der Waals surface area contributed by atoms with Crippen LogP contribution in [0.3, 0.4) is 0 Å². The number of benzene rings is 2. The van der Waals surface area contributed by atoms with E-state index >= 15 is 0 Å². The van der Waals surface area contributed by atoms with Crippen LogP contribution in [0.2, 0.25) is 0 Å². The highest BCUT2D eigenvalue weighted by molar-refractivity contribution is 6.12. The van der Waals surface area contributed by atoms with Gasteiger partial charge in [0.05, 0.1) is 0 Å². The number of oxime groups is 1. The summed E-state index contributed by atoms with van der Waals surface area (Å²) in [5.74, 6) is 0.808. The number of para-hydroxylation sites is 1. The van der Waals surface area contributed by atoms with Crippen molar-refractivity contribution in [2.45, 2.75) is 25.9 Å². The van der Waals surface area contributed by atoms with Crippen molar-refractivity contribution < 1.29 is 9.57 Å².